The van der Waals surface area contributed by atoms with E-state index < -0.39 is 5.97 Å². The van der Waals surface area contributed by atoms with Crippen LogP contribution in [-0.2, 0) is 11.8 Å². The molecule has 0 aliphatic rings. The Morgan fingerprint density at radius 2 is 1.81 bits per heavy atom. The Hall–Kier alpha value is -4.00. The minimum absolute atomic E-state index is 0.316. The van der Waals surface area contributed by atoms with Gasteiger partial charge < -0.3 is 9.47 Å². The van der Waals surface area contributed by atoms with E-state index in [1.165, 1.54) is 7.11 Å². The summed E-state index contributed by atoms with van der Waals surface area (Å²) in [7, 11) is 3.30. The van der Waals surface area contributed by atoms with Gasteiger partial charge in [-0.25, -0.2) is 9.78 Å². The molecule has 7 heteroatoms. The number of nitrogens with zero attached hydrogens (tertiary/aromatic N) is 3. The second kappa shape index (κ2) is 8.39. The Kier molecular flexibility index (Phi) is 5.49. The monoisotopic (exact) mass is 415 g/mol. The normalized spacial score (nSPS) is 10.8. The van der Waals surface area contributed by atoms with Crippen molar-refractivity contribution in [1.82, 2.24) is 14.8 Å². The van der Waals surface area contributed by atoms with Gasteiger partial charge in [0.25, 0.3) is 0 Å². The van der Waals surface area contributed by atoms with Gasteiger partial charge in [0.05, 0.1) is 29.4 Å². The molecule has 0 fully saturated rings. The number of rotatable bonds is 6. The van der Waals surface area contributed by atoms with Gasteiger partial charge in [-0.3, -0.25) is 9.48 Å². The number of fused-ring (bicyclic) bond motifs is 1. The molecular formula is C24H21N3O4. The number of benzene rings is 2. The highest BCUT2D eigenvalue weighted by molar-refractivity contribution is 6.06. The van der Waals surface area contributed by atoms with E-state index in [-0.39, 0.29) is 12.4 Å². The molecule has 7 nitrogen and oxygen atoms in total. The molecule has 0 saturated heterocycles. The molecule has 31 heavy (non-hydrogen) atoms. The molecule has 4 aromatic rings. The molecule has 0 bridgehead atoms. The molecule has 2 aromatic heterocycles. The van der Waals surface area contributed by atoms with Gasteiger partial charge in [0.15, 0.2) is 18.0 Å². The van der Waals surface area contributed by atoms with Crippen LogP contribution in [0.5, 0.6) is 5.75 Å². The molecule has 2 aromatic carbocycles. The van der Waals surface area contributed by atoms with E-state index in [1.807, 2.05) is 37.3 Å². The van der Waals surface area contributed by atoms with Crippen molar-refractivity contribution in [2.75, 3.05) is 13.7 Å². The Balaban J connectivity index is 1.66. The second-order valence-corrected chi connectivity index (χ2v) is 7.06. The highest BCUT2D eigenvalue weighted by atomic mass is 16.5. The maximum atomic E-state index is 13.0. The van der Waals surface area contributed by atoms with Gasteiger partial charge in [0.1, 0.15) is 5.75 Å². The summed E-state index contributed by atoms with van der Waals surface area (Å²) in [6, 6.07) is 18.0. The number of esters is 1. The number of ketones is 1. The fourth-order valence-corrected chi connectivity index (χ4v) is 3.45. The molecule has 0 N–H and O–H groups in total. The van der Waals surface area contributed by atoms with Gasteiger partial charge in [0, 0.05) is 18.2 Å². The van der Waals surface area contributed by atoms with E-state index >= 15 is 0 Å². The van der Waals surface area contributed by atoms with Crippen LogP contribution in [0.3, 0.4) is 0 Å². The van der Waals surface area contributed by atoms with E-state index in [0.29, 0.717) is 39.3 Å². The third-order valence-corrected chi connectivity index (χ3v) is 4.98. The first-order valence-corrected chi connectivity index (χ1v) is 9.72. The van der Waals surface area contributed by atoms with Crippen LogP contribution in [0, 0.1) is 6.92 Å². The minimum Gasteiger partial charge on any atom is -0.497 e. The zero-order valence-corrected chi connectivity index (χ0v) is 17.5. The Labute approximate surface area is 179 Å². The summed E-state index contributed by atoms with van der Waals surface area (Å²) in [5, 5.41) is 5.01. The number of hydrogen-bond donors (Lipinski definition) is 0. The average molecular weight is 415 g/mol. The summed E-state index contributed by atoms with van der Waals surface area (Å²) in [4.78, 5) is 30.2. The number of aromatic nitrogens is 3. The number of Topliss-reactive ketones (excluding diaryl/α,β-unsaturated/α-hetero) is 1. The van der Waals surface area contributed by atoms with Crippen LogP contribution in [-0.4, -0.2) is 40.2 Å². The standard InChI is InChI=1S/C24H21N3O4/c1-15-22-19(24(29)31-14-21(28)17-10-7-11-18(12-17)30-3)13-20(16-8-5-4-6-9-16)25-23(22)27(2)26-15/h4-13H,14H2,1-3H3. The summed E-state index contributed by atoms with van der Waals surface area (Å²) in [5.74, 6) is -0.354. The smallest absolute Gasteiger partial charge is 0.339 e. The zero-order chi connectivity index (χ0) is 22.0. The summed E-state index contributed by atoms with van der Waals surface area (Å²) in [5.41, 5.74) is 3.47. The van der Waals surface area contributed by atoms with Crippen LogP contribution in [0.15, 0.2) is 60.7 Å². The van der Waals surface area contributed by atoms with Crippen molar-refractivity contribution in [2.24, 2.45) is 7.05 Å². The first kappa shape index (κ1) is 20.3. The summed E-state index contributed by atoms with van der Waals surface area (Å²) < 4.78 is 12.2. The predicted molar refractivity (Wildman–Crippen MR) is 116 cm³/mol. The highest BCUT2D eigenvalue weighted by Crippen LogP contribution is 2.27. The Morgan fingerprint density at radius 1 is 1.03 bits per heavy atom. The van der Waals surface area contributed by atoms with Crippen molar-refractivity contribution < 1.29 is 19.1 Å². The highest BCUT2D eigenvalue weighted by Gasteiger charge is 2.21. The summed E-state index contributed by atoms with van der Waals surface area (Å²) in [6.45, 7) is 1.43. The molecule has 0 unspecified atom stereocenters. The largest absolute Gasteiger partial charge is 0.497 e. The number of ether oxygens (including phenoxy) is 2. The third kappa shape index (κ3) is 4.02. The maximum Gasteiger partial charge on any atom is 0.339 e. The second-order valence-electron chi connectivity index (χ2n) is 7.06. The van der Waals surface area contributed by atoms with Crippen molar-refractivity contribution in [3.63, 3.8) is 0 Å². The van der Waals surface area contributed by atoms with Gasteiger partial charge in [0.2, 0.25) is 0 Å². The van der Waals surface area contributed by atoms with Crippen molar-refractivity contribution in [3.05, 3.63) is 77.5 Å². The van der Waals surface area contributed by atoms with Crippen LogP contribution in [0.2, 0.25) is 0 Å². The zero-order valence-electron chi connectivity index (χ0n) is 17.5. The molecule has 0 atom stereocenters. The molecule has 0 aliphatic heterocycles. The topological polar surface area (TPSA) is 83.3 Å². The Bertz CT molecular complexity index is 1280. The van der Waals surface area contributed by atoms with E-state index in [0.717, 1.165) is 5.56 Å². The van der Waals surface area contributed by atoms with Crippen LogP contribution >= 0.6 is 0 Å². The number of carbonyl (C=O) groups excluding carboxylic acids is 2. The quantitative estimate of drug-likeness (QED) is 0.350. The van der Waals surface area contributed by atoms with E-state index in [1.54, 1.807) is 42.1 Å². The maximum absolute atomic E-state index is 13.0. The van der Waals surface area contributed by atoms with E-state index in [2.05, 4.69) is 10.1 Å². The number of hydrogen-bond acceptors (Lipinski definition) is 6. The third-order valence-electron chi connectivity index (χ3n) is 4.98. The van der Waals surface area contributed by atoms with Crippen molar-refractivity contribution >= 4 is 22.8 Å². The van der Waals surface area contributed by atoms with Crippen molar-refractivity contribution in [1.29, 1.82) is 0 Å². The first-order valence-electron chi connectivity index (χ1n) is 9.72. The van der Waals surface area contributed by atoms with E-state index in [4.69, 9.17) is 9.47 Å². The van der Waals surface area contributed by atoms with Crippen LogP contribution in [0.1, 0.15) is 26.4 Å². The van der Waals surface area contributed by atoms with Gasteiger partial charge >= 0.3 is 5.97 Å². The molecule has 156 valence electrons. The SMILES string of the molecule is COc1cccc(C(=O)COC(=O)c2cc(-c3ccccc3)nc3c2c(C)nn3C)c1. The summed E-state index contributed by atoms with van der Waals surface area (Å²) in [6.07, 6.45) is 0. The van der Waals surface area contributed by atoms with Gasteiger partial charge in [-0.2, -0.15) is 5.10 Å². The lowest BCUT2D eigenvalue weighted by atomic mass is 10.1. The number of aryl methyl sites for hydroxylation is 2. The fourth-order valence-electron chi connectivity index (χ4n) is 3.45. The van der Waals surface area contributed by atoms with Crippen LogP contribution in [0.4, 0.5) is 0 Å². The molecule has 2 heterocycles. The first-order chi connectivity index (χ1) is 15.0. The summed E-state index contributed by atoms with van der Waals surface area (Å²) >= 11 is 0. The van der Waals surface area contributed by atoms with Crippen molar-refractivity contribution in [2.45, 2.75) is 6.92 Å². The molecular weight excluding hydrogens is 394 g/mol. The molecule has 0 radical (unpaired) electrons. The lowest BCUT2D eigenvalue weighted by Gasteiger charge is -2.09. The molecule has 0 amide bonds. The number of pyridine rings is 1. The minimum atomic E-state index is -0.600. The van der Waals surface area contributed by atoms with Gasteiger partial charge in [-0.15, -0.1) is 0 Å². The van der Waals surface area contributed by atoms with Crippen molar-refractivity contribution in [3.8, 4) is 17.0 Å². The number of carbonyl (C=O) groups is 2. The average Bonchev–Trinajstić information content (AvgIpc) is 3.10. The molecule has 4 rings (SSSR count). The van der Waals surface area contributed by atoms with Gasteiger partial charge in [-0.05, 0) is 25.1 Å². The lowest BCUT2D eigenvalue weighted by Crippen LogP contribution is -2.15. The fraction of sp³-hybridized carbons (Fsp3) is 0.167. The number of methoxy groups -OCH3 is 1. The lowest BCUT2D eigenvalue weighted by molar-refractivity contribution is 0.0476. The predicted octanol–water partition coefficient (Wildman–Crippen LogP) is 3.99. The molecule has 0 saturated carbocycles. The van der Waals surface area contributed by atoms with Crippen LogP contribution in [0.25, 0.3) is 22.3 Å². The van der Waals surface area contributed by atoms with Gasteiger partial charge in [-0.1, -0.05) is 42.5 Å². The van der Waals surface area contributed by atoms with E-state index in [9.17, 15) is 9.59 Å². The van der Waals surface area contributed by atoms with Crippen LogP contribution < -0.4 is 4.74 Å². The Morgan fingerprint density at radius 3 is 2.55 bits per heavy atom. The molecule has 0 spiro atoms. The molecule has 0 aliphatic carbocycles.